The van der Waals surface area contributed by atoms with Crippen molar-refractivity contribution in [3.63, 3.8) is 0 Å². The van der Waals surface area contributed by atoms with E-state index in [0.717, 1.165) is 22.3 Å². The molecule has 2 aromatic carbocycles. The van der Waals surface area contributed by atoms with Gasteiger partial charge in [0.05, 0.1) is 11.5 Å². The van der Waals surface area contributed by atoms with Gasteiger partial charge in [0.1, 0.15) is 11.7 Å². The van der Waals surface area contributed by atoms with Crippen molar-refractivity contribution < 1.29 is 19.5 Å². The van der Waals surface area contributed by atoms with Gasteiger partial charge in [-0.3, -0.25) is 19.4 Å². The van der Waals surface area contributed by atoms with E-state index >= 15 is 0 Å². The van der Waals surface area contributed by atoms with Gasteiger partial charge in [-0.15, -0.1) is 0 Å². The first-order valence-corrected chi connectivity index (χ1v) is 12.4. The molecule has 4 rings (SSSR count). The van der Waals surface area contributed by atoms with Gasteiger partial charge in [-0.05, 0) is 69.5 Å². The maximum absolute atomic E-state index is 13.8. The van der Waals surface area contributed by atoms with Gasteiger partial charge in [-0.25, -0.2) is 0 Å². The second-order valence-electron chi connectivity index (χ2n) is 10.4. The number of pyridine rings is 1. The van der Waals surface area contributed by atoms with E-state index in [-0.39, 0.29) is 6.42 Å². The standard InChI is InChI=1S/C30H33N3O4/c1-17-8-10-22(19(3)13-17)32-28(35)26-24(34)15-30(5,37)27(25(26)21-7-6-12-31-16-21)29(36)33-23-11-9-18(2)14-20(23)4/h6-14,16,25-27,37H,15H2,1-5H3,(H,32,35)(H,33,36). The van der Waals surface area contributed by atoms with Crippen molar-refractivity contribution in [1.29, 1.82) is 0 Å². The molecule has 1 saturated carbocycles. The van der Waals surface area contributed by atoms with Crippen molar-refractivity contribution in [3.8, 4) is 0 Å². The van der Waals surface area contributed by atoms with Crippen LogP contribution in [0.1, 0.15) is 47.1 Å². The number of aryl methyl sites for hydroxylation is 4. The monoisotopic (exact) mass is 499 g/mol. The fraction of sp³-hybridized carbons (Fsp3) is 0.333. The zero-order valence-electron chi connectivity index (χ0n) is 21.8. The Morgan fingerprint density at radius 3 is 2.00 bits per heavy atom. The van der Waals surface area contributed by atoms with E-state index in [1.54, 1.807) is 30.6 Å². The summed E-state index contributed by atoms with van der Waals surface area (Å²) in [6.07, 6.45) is 2.82. The Kier molecular flexibility index (Phi) is 7.28. The third-order valence-electron chi connectivity index (χ3n) is 7.18. The Hall–Kier alpha value is -3.84. The lowest BCUT2D eigenvalue weighted by atomic mass is 9.61. The molecule has 1 aromatic heterocycles. The molecular formula is C30H33N3O4. The van der Waals surface area contributed by atoms with Crippen LogP contribution in [0.3, 0.4) is 0 Å². The Morgan fingerprint density at radius 1 is 0.919 bits per heavy atom. The Morgan fingerprint density at radius 2 is 1.49 bits per heavy atom. The van der Waals surface area contributed by atoms with Gasteiger partial charge in [0.15, 0.2) is 0 Å². The Labute approximate surface area is 217 Å². The van der Waals surface area contributed by atoms with Crippen molar-refractivity contribution in [1.82, 2.24) is 4.98 Å². The molecule has 7 nitrogen and oxygen atoms in total. The highest BCUT2D eigenvalue weighted by Gasteiger charge is 2.56. The minimum atomic E-state index is -1.67. The van der Waals surface area contributed by atoms with Crippen LogP contribution in [-0.4, -0.2) is 33.3 Å². The van der Waals surface area contributed by atoms with Crippen LogP contribution in [0.4, 0.5) is 11.4 Å². The smallest absolute Gasteiger partial charge is 0.235 e. The van der Waals surface area contributed by atoms with Crippen molar-refractivity contribution in [2.45, 2.75) is 52.6 Å². The number of aliphatic hydroxyl groups is 1. The summed E-state index contributed by atoms with van der Waals surface area (Å²) in [6.45, 7) is 9.19. The summed E-state index contributed by atoms with van der Waals surface area (Å²) in [5.41, 5.74) is 3.94. The predicted octanol–water partition coefficient (Wildman–Crippen LogP) is 4.63. The summed E-state index contributed by atoms with van der Waals surface area (Å²) in [5, 5.41) is 17.3. The summed E-state index contributed by atoms with van der Waals surface area (Å²) in [6, 6.07) is 14.7. The van der Waals surface area contributed by atoms with Crippen molar-refractivity contribution in [2.24, 2.45) is 11.8 Å². The quantitative estimate of drug-likeness (QED) is 0.444. The molecule has 37 heavy (non-hydrogen) atoms. The number of benzene rings is 2. The van der Waals surface area contributed by atoms with Crippen LogP contribution in [0.15, 0.2) is 60.9 Å². The minimum Gasteiger partial charge on any atom is -0.389 e. The van der Waals surface area contributed by atoms with Gasteiger partial charge < -0.3 is 15.7 Å². The summed E-state index contributed by atoms with van der Waals surface area (Å²) >= 11 is 0. The fourth-order valence-corrected chi connectivity index (χ4v) is 5.39. The number of nitrogens with one attached hydrogen (secondary N) is 2. The van der Waals surface area contributed by atoms with Crippen LogP contribution in [0.5, 0.6) is 0 Å². The zero-order chi connectivity index (χ0) is 26.9. The molecule has 7 heteroatoms. The molecule has 4 unspecified atom stereocenters. The molecule has 192 valence electrons. The van der Waals surface area contributed by atoms with Crippen molar-refractivity contribution in [2.75, 3.05) is 10.6 Å². The van der Waals surface area contributed by atoms with E-state index in [9.17, 15) is 19.5 Å². The first-order valence-electron chi connectivity index (χ1n) is 12.4. The number of rotatable bonds is 5. The van der Waals surface area contributed by atoms with Gasteiger partial charge in [-0.1, -0.05) is 41.5 Å². The van der Waals surface area contributed by atoms with E-state index in [2.05, 4.69) is 15.6 Å². The summed E-state index contributed by atoms with van der Waals surface area (Å²) in [5.74, 6) is -4.56. The highest BCUT2D eigenvalue weighted by atomic mass is 16.3. The highest BCUT2D eigenvalue weighted by molar-refractivity contribution is 6.10. The first-order chi connectivity index (χ1) is 17.5. The zero-order valence-corrected chi connectivity index (χ0v) is 21.8. The largest absolute Gasteiger partial charge is 0.389 e. The number of ketones is 1. The molecule has 4 atom stereocenters. The van der Waals surface area contributed by atoms with E-state index in [4.69, 9.17) is 0 Å². The van der Waals surface area contributed by atoms with E-state index in [1.165, 1.54) is 6.92 Å². The first kappa shape index (κ1) is 26.2. The number of hydrogen-bond donors (Lipinski definition) is 3. The van der Waals surface area contributed by atoms with Crippen LogP contribution in [0.2, 0.25) is 0 Å². The van der Waals surface area contributed by atoms with Crippen LogP contribution in [-0.2, 0) is 14.4 Å². The average Bonchev–Trinajstić information content (AvgIpc) is 2.82. The maximum atomic E-state index is 13.8. The van der Waals surface area contributed by atoms with Gasteiger partial charge in [-0.2, -0.15) is 0 Å². The average molecular weight is 500 g/mol. The lowest BCUT2D eigenvalue weighted by Crippen LogP contribution is -2.56. The van der Waals surface area contributed by atoms with Crippen LogP contribution < -0.4 is 10.6 Å². The molecule has 0 spiro atoms. The number of anilines is 2. The molecule has 1 heterocycles. The van der Waals surface area contributed by atoms with Crippen molar-refractivity contribution >= 4 is 29.0 Å². The number of carbonyl (C=O) groups is 3. The molecule has 0 aliphatic heterocycles. The molecule has 0 radical (unpaired) electrons. The third-order valence-corrected chi connectivity index (χ3v) is 7.18. The molecule has 3 N–H and O–H groups in total. The molecule has 0 bridgehead atoms. The van der Waals surface area contributed by atoms with Crippen LogP contribution in [0.25, 0.3) is 0 Å². The SMILES string of the molecule is Cc1ccc(NC(=O)C2C(=O)CC(C)(O)C(C(=O)Nc3ccc(C)cc3C)C2c2cccnc2)c(C)c1. The Balaban J connectivity index is 1.75. The number of carbonyl (C=O) groups excluding carboxylic acids is 3. The summed E-state index contributed by atoms with van der Waals surface area (Å²) in [4.78, 5) is 45.0. The molecule has 0 saturated heterocycles. The molecule has 3 aromatic rings. The van der Waals surface area contributed by atoms with Gasteiger partial charge in [0.2, 0.25) is 11.8 Å². The normalized spacial score (nSPS) is 23.4. The fourth-order valence-electron chi connectivity index (χ4n) is 5.39. The number of aromatic nitrogens is 1. The van der Waals surface area contributed by atoms with E-state index in [0.29, 0.717) is 16.9 Å². The summed E-state index contributed by atoms with van der Waals surface area (Å²) in [7, 11) is 0. The van der Waals surface area contributed by atoms with Crippen molar-refractivity contribution in [3.05, 3.63) is 88.7 Å². The number of hydrogen-bond acceptors (Lipinski definition) is 5. The molecule has 2 amide bonds. The molecule has 1 fully saturated rings. The second-order valence-corrected chi connectivity index (χ2v) is 10.4. The van der Waals surface area contributed by atoms with Crippen LogP contribution >= 0.6 is 0 Å². The Bertz CT molecular complexity index is 1350. The number of Topliss-reactive ketones (excluding diaryl/α,β-unsaturated/α-hetero) is 1. The van der Waals surface area contributed by atoms with Gasteiger partial charge in [0, 0.05) is 36.1 Å². The topological polar surface area (TPSA) is 108 Å². The lowest BCUT2D eigenvalue weighted by Gasteiger charge is -2.44. The van der Waals surface area contributed by atoms with Gasteiger partial charge in [0.25, 0.3) is 0 Å². The predicted molar refractivity (Wildman–Crippen MR) is 143 cm³/mol. The second kappa shape index (κ2) is 10.3. The number of amides is 2. The van der Waals surface area contributed by atoms with Crippen LogP contribution in [0, 0.1) is 39.5 Å². The maximum Gasteiger partial charge on any atom is 0.235 e. The lowest BCUT2D eigenvalue weighted by molar-refractivity contribution is -0.150. The molecule has 1 aliphatic carbocycles. The van der Waals surface area contributed by atoms with E-state index in [1.807, 2.05) is 58.0 Å². The number of nitrogens with zero attached hydrogens (tertiary/aromatic N) is 1. The summed E-state index contributed by atoms with van der Waals surface area (Å²) < 4.78 is 0. The minimum absolute atomic E-state index is 0.320. The molecule has 1 aliphatic rings. The van der Waals surface area contributed by atoms with Gasteiger partial charge >= 0.3 is 0 Å². The molecular weight excluding hydrogens is 466 g/mol. The third kappa shape index (κ3) is 5.47. The highest BCUT2D eigenvalue weighted by Crippen LogP contribution is 2.46. The van der Waals surface area contributed by atoms with E-state index < -0.39 is 41.0 Å².